The van der Waals surface area contributed by atoms with Gasteiger partial charge in [0.05, 0.1) is 11.8 Å². The van der Waals surface area contributed by atoms with E-state index in [9.17, 15) is 18.0 Å². The van der Waals surface area contributed by atoms with E-state index in [1.165, 1.54) is 11.9 Å². The van der Waals surface area contributed by atoms with E-state index in [-0.39, 0.29) is 24.2 Å². The predicted octanol–water partition coefficient (Wildman–Crippen LogP) is 7.56. The van der Waals surface area contributed by atoms with E-state index in [0.717, 1.165) is 61.4 Å². The van der Waals surface area contributed by atoms with E-state index >= 15 is 0 Å². The van der Waals surface area contributed by atoms with Gasteiger partial charge in [0.2, 0.25) is 0 Å². The molecule has 37 heavy (non-hydrogen) atoms. The lowest BCUT2D eigenvalue weighted by Gasteiger charge is -2.29. The molecular weight excluding hydrogens is 613 g/mol. The highest BCUT2D eigenvalue weighted by Crippen LogP contribution is 2.44. The van der Waals surface area contributed by atoms with Crippen molar-refractivity contribution in [3.63, 3.8) is 0 Å². The number of halogens is 5. The van der Waals surface area contributed by atoms with Crippen molar-refractivity contribution in [2.45, 2.75) is 44.9 Å². The molecule has 2 atom stereocenters. The number of nitrogens with zero attached hydrogens (tertiary/aromatic N) is 4. The lowest BCUT2D eigenvalue weighted by atomic mass is 9.77. The molecule has 3 aromatic rings. The number of amides is 1. The normalized spacial score (nSPS) is 20.8. The second-order valence-corrected chi connectivity index (χ2v) is 11.1. The van der Waals surface area contributed by atoms with Gasteiger partial charge in [-0.1, -0.05) is 56.1 Å². The van der Waals surface area contributed by atoms with Crippen LogP contribution in [0.3, 0.4) is 0 Å². The first-order chi connectivity index (χ1) is 17.6. The van der Waals surface area contributed by atoms with Crippen molar-refractivity contribution in [1.29, 1.82) is 0 Å². The summed E-state index contributed by atoms with van der Waals surface area (Å²) in [6.07, 6.45) is 0.188. The number of alkyl halides is 3. The highest BCUT2D eigenvalue weighted by Gasteiger charge is 2.44. The van der Waals surface area contributed by atoms with E-state index < -0.39 is 17.8 Å². The summed E-state index contributed by atoms with van der Waals surface area (Å²) in [6, 6.07) is 16.4. The van der Waals surface area contributed by atoms with Crippen molar-refractivity contribution in [3.8, 4) is 0 Å². The lowest BCUT2D eigenvalue weighted by molar-refractivity contribution is -0.142. The Morgan fingerprint density at radius 1 is 1.08 bits per heavy atom. The van der Waals surface area contributed by atoms with Crippen LogP contribution in [-0.4, -0.2) is 26.4 Å². The molecular formula is C27H23Br2F3N4O. The van der Waals surface area contributed by atoms with Crippen LogP contribution in [0.4, 0.5) is 13.2 Å². The quantitative estimate of drug-likeness (QED) is 0.297. The maximum absolute atomic E-state index is 13.6. The number of carbonyl (C=O) groups is 1. The molecule has 0 radical (unpaired) electrons. The van der Waals surface area contributed by atoms with Crippen LogP contribution in [-0.2, 0) is 17.5 Å². The number of hydrazone groups is 1. The molecule has 10 heteroatoms. The Balaban J connectivity index is 1.51. The van der Waals surface area contributed by atoms with Gasteiger partial charge in [-0.3, -0.25) is 9.48 Å². The molecule has 2 heterocycles. The molecule has 1 aliphatic carbocycles. The van der Waals surface area contributed by atoms with Gasteiger partial charge in [-0.25, -0.2) is 5.01 Å². The number of hydrogen-bond acceptors (Lipinski definition) is 3. The van der Waals surface area contributed by atoms with Gasteiger partial charge in [0.25, 0.3) is 5.91 Å². The number of fused-ring (bicyclic) bond motifs is 1. The van der Waals surface area contributed by atoms with Crippen LogP contribution in [0.1, 0.15) is 47.8 Å². The molecule has 0 saturated heterocycles. The Labute approximate surface area is 229 Å². The third kappa shape index (κ3) is 5.45. The van der Waals surface area contributed by atoms with E-state index in [1.54, 1.807) is 0 Å². The highest BCUT2D eigenvalue weighted by atomic mass is 79.9. The number of carbonyl (C=O) groups excluding carboxylic acids is 1. The molecule has 5 nitrogen and oxygen atoms in total. The second-order valence-electron chi connectivity index (χ2n) is 9.27. The fourth-order valence-corrected chi connectivity index (χ4v) is 5.50. The zero-order valence-electron chi connectivity index (χ0n) is 19.8. The highest BCUT2D eigenvalue weighted by molar-refractivity contribution is 9.10. The number of benzene rings is 2. The molecule has 1 aliphatic heterocycles. The minimum absolute atomic E-state index is 0.00923. The van der Waals surface area contributed by atoms with E-state index in [4.69, 9.17) is 5.10 Å². The van der Waals surface area contributed by atoms with Crippen molar-refractivity contribution in [2.75, 3.05) is 0 Å². The molecule has 1 amide bonds. The van der Waals surface area contributed by atoms with Gasteiger partial charge in [-0.2, -0.15) is 23.4 Å². The van der Waals surface area contributed by atoms with Crippen LogP contribution < -0.4 is 0 Å². The van der Waals surface area contributed by atoms with E-state index in [2.05, 4.69) is 43.0 Å². The number of aryl methyl sites for hydroxylation is 1. The Kier molecular flexibility index (Phi) is 7.15. The van der Waals surface area contributed by atoms with Crippen LogP contribution in [0.2, 0.25) is 0 Å². The SMILES string of the molecule is Cc1cc(C(F)(F)F)nn1CC(=O)N1N=C2/C(=C/c3ccc(Br)cc3)CCCC2C1c1ccc(Br)cc1. The van der Waals surface area contributed by atoms with Crippen molar-refractivity contribution in [1.82, 2.24) is 14.8 Å². The molecule has 192 valence electrons. The lowest BCUT2D eigenvalue weighted by Crippen LogP contribution is -2.34. The molecule has 5 rings (SSSR count). The first-order valence-electron chi connectivity index (χ1n) is 11.8. The maximum atomic E-state index is 13.6. The van der Waals surface area contributed by atoms with Gasteiger partial charge in [0.1, 0.15) is 6.54 Å². The molecule has 0 N–H and O–H groups in total. The average molecular weight is 636 g/mol. The molecule has 1 saturated carbocycles. The molecule has 2 aliphatic rings. The largest absolute Gasteiger partial charge is 0.435 e. The van der Waals surface area contributed by atoms with Gasteiger partial charge in [0.15, 0.2) is 5.69 Å². The fourth-order valence-electron chi connectivity index (χ4n) is 4.97. The van der Waals surface area contributed by atoms with E-state index in [1.807, 2.05) is 48.5 Å². The second kappa shape index (κ2) is 10.2. The zero-order valence-corrected chi connectivity index (χ0v) is 23.0. The number of hydrogen-bond donors (Lipinski definition) is 0. The number of aromatic nitrogens is 2. The standard InChI is InChI=1S/C27H23Br2F3N4O/c1-16-13-23(27(30,31)32)33-35(16)15-24(37)36-26(18-7-11-21(29)12-8-18)22-4-2-3-19(25(22)34-36)14-17-5-9-20(28)10-6-17/h5-14,22,26H,2-4,15H2,1H3/b19-14+. The number of allylic oxidation sites excluding steroid dienone is 1. The van der Waals surface area contributed by atoms with Crippen LogP contribution in [0.15, 0.2) is 74.2 Å². The van der Waals surface area contributed by atoms with Gasteiger partial charge < -0.3 is 0 Å². The monoisotopic (exact) mass is 634 g/mol. The van der Waals surface area contributed by atoms with Crippen molar-refractivity contribution in [2.24, 2.45) is 11.0 Å². The molecule has 0 bridgehead atoms. The summed E-state index contributed by atoms with van der Waals surface area (Å²) in [5.74, 6) is -0.414. The molecule has 0 spiro atoms. The summed E-state index contributed by atoms with van der Waals surface area (Å²) in [6.45, 7) is 1.18. The summed E-state index contributed by atoms with van der Waals surface area (Å²) < 4.78 is 42.5. The third-order valence-electron chi connectivity index (χ3n) is 6.74. The average Bonchev–Trinajstić information content (AvgIpc) is 3.43. The van der Waals surface area contributed by atoms with Crippen molar-refractivity contribution in [3.05, 3.63) is 91.6 Å². The summed E-state index contributed by atoms with van der Waals surface area (Å²) in [5, 5.41) is 9.92. The number of rotatable bonds is 4. The summed E-state index contributed by atoms with van der Waals surface area (Å²) in [4.78, 5) is 13.6. The third-order valence-corrected chi connectivity index (χ3v) is 7.79. The van der Waals surface area contributed by atoms with Crippen molar-refractivity contribution >= 4 is 49.6 Å². The van der Waals surface area contributed by atoms with Crippen molar-refractivity contribution < 1.29 is 18.0 Å². The Hall–Kier alpha value is -2.72. The van der Waals surface area contributed by atoms with E-state index in [0.29, 0.717) is 0 Å². The molecule has 1 aromatic heterocycles. The first-order valence-corrected chi connectivity index (χ1v) is 13.4. The molecule has 2 unspecified atom stereocenters. The van der Waals surface area contributed by atoms with Crippen LogP contribution in [0, 0.1) is 12.8 Å². The minimum atomic E-state index is -4.57. The zero-order chi connectivity index (χ0) is 26.3. The topological polar surface area (TPSA) is 50.5 Å². The Morgan fingerprint density at radius 3 is 2.35 bits per heavy atom. The summed E-state index contributed by atoms with van der Waals surface area (Å²) in [5.41, 5.74) is 3.16. The van der Waals surface area contributed by atoms with Gasteiger partial charge in [-0.15, -0.1) is 0 Å². The first kappa shape index (κ1) is 25.9. The van der Waals surface area contributed by atoms with Crippen LogP contribution in [0.25, 0.3) is 6.08 Å². The predicted molar refractivity (Wildman–Crippen MR) is 143 cm³/mol. The smallest absolute Gasteiger partial charge is 0.271 e. The minimum Gasteiger partial charge on any atom is -0.271 e. The summed E-state index contributed by atoms with van der Waals surface area (Å²) >= 11 is 6.93. The van der Waals surface area contributed by atoms with Gasteiger partial charge >= 0.3 is 6.18 Å². The van der Waals surface area contributed by atoms with Gasteiger partial charge in [-0.05, 0) is 79.3 Å². The molecule has 1 fully saturated rings. The Bertz CT molecular complexity index is 1380. The summed E-state index contributed by atoms with van der Waals surface area (Å²) in [7, 11) is 0. The van der Waals surface area contributed by atoms with Crippen LogP contribution in [0.5, 0.6) is 0 Å². The maximum Gasteiger partial charge on any atom is 0.435 e. The van der Waals surface area contributed by atoms with Gasteiger partial charge in [0, 0.05) is 20.6 Å². The molecule has 2 aromatic carbocycles. The fraction of sp³-hybridized carbons (Fsp3) is 0.296. The van der Waals surface area contributed by atoms with Crippen LogP contribution >= 0.6 is 31.9 Å². The Morgan fingerprint density at radius 2 is 1.73 bits per heavy atom.